The van der Waals surface area contributed by atoms with Crippen LogP contribution in [0.4, 0.5) is 13.2 Å². The minimum Gasteiger partial charge on any atom is -0.344 e. The summed E-state index contributed by atoms with van der Waals surface area (Å²) in [5.41, 5.74) is 0.384. The zero-order valence-electron chi connectivity index (χ0n) is 18.9. The Morgan fingerprint density at radius 2 is 1.86 bits per heavy atom. The van der Waals surface area contributed by atoms with E-state index in [9.17, 15) is 22.8 Å². The zero-order chi connectivity index (χ0) is 25.3. The molecule has 0 radical (unpaired) electrons. The van der Waals surface area contributed by atoms with Crippen molar-refractivity contribution in [1.82, 2.24) is 35.1 Å². The average Bonchev–Trinajstić information content (AvgIpc) is 3.26. The molecule has 1 aromatic carbocycles. The molecule has 1 N–H and O–H groups in total. The molecule has 0 saturated carbocycles. The van der Waals surface area contributed by atoms with Gasteiger partial charge in [-0.15, -0.1) is 5.10 Å². The van der Waals surface area contributed by atoms with E-state index in [4.69, 9.17) is 0 Å². The number of hydrogen-bond acceptors (Lipinski definition) is 6. The number of aromatic nitrogens is 6. The van der Waals surface area contributed by atoms with Gasteiger partial charge in [0.2, 0.25) is 0 Å². The molecule has 0 unspecified atom stereocenters. The van der Waals surface area contributed by atoms with E-state index in [2.05, 4.69) is 25.7 Å². The third kappa shape index (κ3) is 4.67. The molecule has 12 heteroatoms. The number of amides is 1. The molecule has 0 spiro atoms. The molecular weight excluding hydrogens is 463 g/mol. The van der Waals surface area contributed by atoms with Crippen molar-refractivity contribution in [2.75, 3.05) is 0 Å². The van der Waals surface area contributed by atoms with E-state index in [-0.39, 0.29) is 16.8 Å². The summed E-state index contributed by atoms with van der Waals surface area (Å²) in [4.78, 5) is 29.8. The van der Waals surface area contributed by atoms with Gasteiger partial charge in [-0.05, 0) is 26.0 Å². The monoisotopic (exact) mass is 483 g/mol. The summed E-state index contributed by atoms with van der Waals surface area (Å²) < 4.78 is 43.2. The SMILES string of the molecule is Cc1cc(C(=O)N[C@H](C)c2cccc(C(F)F)c2F)nn(-c2cncc(-c3cnnn3C)c2)c1=O. The maximum atomic E-state index is 14.5. The molecule has 1 amide bonds. The lowest BCUT2D eigenvalue weighted by Gasteiger charge is -2.17. The smallest absolute Gasteiger partial charge is 0.274 e. The minimum absolute atomic E-state index is 0.0946. The Balaban J connectivity index is 1.66. The molecule has 0 aliphatic carbocycles. The fourth-order valence-electron chi connectivity index (χ4n) is 3.56. The highest BCUT2D eigenvalue weighted by atomic mass is 19.3. The number of nitrogens with zero attached hydrogens (tertiary/aromatic N) is 6. The van der Waals surface area contributed by atoms with Crippen LogP contribution in [0.3, 0.4) is 0 Å². The van der Waals surface area contributed by atoms with Gasteiger partial charge in [-0.1, -0.05) is 23.4 Å². The van der Waals surface area contributed by atoms with Crippen LogP contribution in [0, 0.1) is 12.7 Å². The molecule has 0 fully saturated rings. The van der Waals surface area contributed by atoms with E-state index in [1.54, 1.807) is 19.3 Å². The Bertz CT molecular complexity index is 1470. The summed E-state index contributed by atoms with van der Waals surface area (Å²) in [5.74, 6) is -1.80. The van der Waals surface area contributed by atoms with E-state index in [0.29, 0.717) is 16.9 Å². The molecular formula is C23H20F3N7O2. The van der Waals surface area contributed by atoms with E-state index < -0.39 is 35.3 Å². The van der Waals surface area contributed by atoms with Crippen LogP contribution in [0.2, 0.25) is 0 Å². The van der Waals surface area contributed by atoms with Crippen molar-refractivity contribution in [3.05, 3.63) is 87.5 Å². The topological polar surface area (TPSA) is 108 Å². The van der Waals surface area contributed by atoms with Gasteiger partial charge in [0.1, 0.15) is 11.5 Å². The van der Waals surface area contributed by atoms with Gasteiger partial charge in [-0.25, -0.2) is 17.9 Å². The first-order valence-corrected chi connectivity index (χ1v) is 10.5. The number of halogens is 3. The second kappa shape index (κ2) is 9.49. The number of aryl methyl sites for hydroxylation is 2. The summed E-state index contributed by atoms with van der Waals surface area (Å²) in [5, 5.41) is 14.4. The molecule has 4 aromatic rings. The number of hydrogen-bond donors (Lipinski definition) is 1. The Morgan fingerprint density at radius 3 is 2.54 bits per heavy atom. The van der Waals surface area contributed by atoms with Gasteiger partial charge in [0.05, 0.1) is 35.4 Å². The van der Waals surface area contributed by atoms with Gasteiger partial charge in [-0.3, -0.25) is 14.6 Å². The van der Waals surface area contributed by atoms with Crippen LogP contribution in [-0.4, -0.2) is 35.7 Å². The number of alkyl halides is 2. The molecule has 0 aliphatic heterocycles. The normalized spacial score (nSPS) is 12.1. The maximum Gasteiger partial charge on any atom is 0.274 e. The Morgan fingerprint density at radius 1 is 1.11 bits per heavy atom. The first-order chi connectivity index (χ1) is 16.7. The molecule has 3 heterocycles. The van der Waals surface area contributed by atoms with Gasteiger partial charge in [-0.2, -0.15) is 9.78 Å². The van der Waals surface area contributed by atoms with Crippen molar-refractivity contribution < 1.29 is 18.0 Å². The summed E-state index contributed by atoms with van der Waals surface area (Å²) in [6.07, 6.45) is 1.53. The third-order valence-electron chi connectivity index (χ3n) is 5.41. The van der Waals surface area contributed by atoms with E-state index in [1.165, 1.54) is 49.1 Å². The van der Waals surface area contributed by atoms with E-state index >= 15 is 0 Å². The van der Waals surface area contributed by atoms with Crippen LogP contribution < -0.4 is 10.9 Å². The fraction of sp³-hybridized carbons (Fsp3) is 0.217. The predicted molar refractivity (Wildman–Crippen MR) is 120 cm³/mol. The molecule has 0 saturated heterocycles. The van der Waals surface area contributed by atoms with Crippen LogP contribution in [0.1, 0.15) is 46.6 Å². The Labute approximate surface area is 197 Å². The Kier molecular flexibility index (Phi) is 6.45. The second-order valence-corrected chi connectivity index (χ2v) is 7.85. The largest absolute Gasteiger partial charge is 0.344 e. The Hall–Kier alpha value is -4.35. The first-order valence-electron chi connectivity index (χ1n) is 10.5. The van der Waals surface area contributed by atoms with Crippen molar-refractivity contribution >= 4 is 5.91 Å². The average molecular weight is 483 g/mol. The zero-order valence-corrected chi connectivity index (χ0v) is 18.9. The number of nitrogens with one attached hydrogen (secondary N) is 1. The molecule has 3 aromatic heterocycles. The van der Waals surface area contributed by atoms with Gasteiger partial charge < -0.3 is 5.32 Å². The second-order valence-electron chi connectivity index (χ2n) is 7.85. The summed E-state index contributed by atoms with van der Waals surface area (Å²) in [7, 11) is 1.70. The van der Waals surface area contributed by atoms with Crippen molar-refractivity contribution in [3.8, 4) is 16.9 Å². The number of pyridine rings is 1. The van der Waals surface area contributed by atoms with Gasteiger partial charge in [0.25, 0.3) is 17.9 Å². The van der Waals surface area contributed by atoms with E-state index in [0.717, 1.165) is 10.7 Å². The molecule has 180 valence electrons. The van der Waals surface area contributed by atoms with Crippen LogP contribution in [-0.2, 0) is 7.05 Å². The predicted octanol–water partition coefficient (Wildman–Crippen LogP) is 3.30. The van der Waals surface area contributed by atoms with Crippen molar-refractivity contribution in [2.24, 2.45) is 7.05 Å². The van der Waals surface area contributed by atoms with Crippen molar-refractivity contribution in [3.63, 3.8) is 0 Å². The highest BCUT2D eigenvalue weighted by Crippen LogP contribution is 2.27. The molecule has 1 atom stereocenters. The van der Waals surface area contributed by atoms with Gasteiger partial charge >= 0.3 is 0 Å². The summed E-state index contributed by atoms with van der Waals surface area (Å²) in [6, 6.07) is 5.61. The lowest BCUT2D eigenvalue weighted by atomic mass is 10.0. The van der Waals surface area contributed by atoms with Gasteiger partial charge in [0.15, 0.2) is 0 Å². The number of carbonyl (C=O) groups is 1. The van der Waals surface area contributed by atoms with Crippen LogP contribution >= 0.6 is 0 Å². The fourth-order valence-corrected chi connectivity index (χ4v) is 3.56. The van der Waals surface area contributed by atoms with E-state index in [1.807, 2.05) is 0 Å². The van der Waals surface area contributed by atoms with Crippen LogP contribution in [0.5, 0.6) is 0 Å². The highest BCUT2D eigenvalue weighted by Gasteiger charge is 2.22. The van der Waals surface area contributed by atoms with Crippen LogP contribution in [0.25, 0.3) is 16.9 Å². The maximum absolute atomic E-state index is 14.5. The number of carbonyl (C=O) groups excluding carboxylic acids is 1. The summed E-state index contributed by atoms with van der Waals surface area (Å²) in [6.45, 7) is 2.98. The number of rotatable bonds is 6. The molecule has 35 heavy (non-hydrogen) atoms. The summed E-state index contributed by atoms with van der Waals surface area (Å²) >= 11 is 0. The standard InChI is InChI=1S/C23H20F3N7O2/c1-12-7-18(22(34)29-13(2)16-5-4-6-17(20(16)24)21(25)26)30-33(23(12)35)15-8-14(9-27-10-15)19-11-28-31-32(19)3/h4-11,13,21H,1-3H3,(H,29,34)/t13-/m1/s1. The molecule has 4 rings (SSSR count). The van der Waals surface area contributed by atoms with Crippen molar-refractivity contribution in [1.29, 1.82) is 0 Å². The minimum atomic E-state index is -2.99. The lowest BCUT2D eigenvalue weighted by Crippen LogP contribution is -2.32. The third-order valence-corrected chi connectivity index (χ3v) is 5.41. The molecule has 0 bridgehead atoms. The van der Waals surface area contributed by atoms with Gasteiger partial charge in [0, 0.05) is 29.9 Å². The molecule has 0 aliphatic rings. The molecule has 9 nitrogen and oxygen atoms in total. The van der Waals surface area contributed by atoms with Crippen molar-refractivity contribution in [2.45, 2.75) is 26.3 Å². The number of benzene rings is 1. The van der Waals surface area contributed by atoms with Crippen LogP contribution in [0.15, 0.2) is 53.7 Å². The lowest BCUT2D eigenvalue weighted by molar-refractivity contribution is 0.0932. The quantitative estimate of drug-likeness (QED) is 0.451. The highest BCUT2D eigenvalue weighted by molar-refractivity contribution is 5.92. The first kappa shape index (κ1) is 23.8.